The maximum Gasteiger partial charge on any atom is 0.196 e. The molecule has 0 fully saturated rings. The Hall–Kier alpha value is -2.75. The van der Waals surface area contributed by atoms with Gasteiger partial charge >= 0.3 is 0 Å². The minimum atomic E-state index is -0.141. The summed E-state index contributed by atoms with van der Waals surface area (Å²) in [5.41, 5.74) is 1.63. The molecule has 1 aromatic heterocycles. The standard InChI is InChI=1S/C17H14O4/c1-10-16(19)14-9-12(18)5-8-15(14)21-17(10)11-3-6-13(20-2)7-4-11/h3-9,18H,1-2H3. The summed E-state index contributed by atoms with van der Waals surface area (Å²) in [4.78, 5) is 12.4. The molecule has 0 aliphatic rings. The smallest absolute Gasteiger partial charge is 0.196 e. The van der Waals surface area contributed by atoms with E-state index in [9.17, 15) is 9.90 Å². The molecule has 0 atom stereocenters. The van der Waals surface area contributed by atoms with Gasteiger partial charge in [-0.2, -0.15) is 0 Å². The summed E-state index contributed by atoms with van der Waals surface area (Å²) in [6.45, 7) is 1.72. The Balaban J connectivity index is 2.25. The molecule has 0 unspecified atom stereocenters. The van der Waals surface area contributed by atoms with Crippen molar-refractivity contribution < 1.29 is 14.3 Å². The van der Waals surface area contributed by atoms with Gasteiger partial charge in [0.2, 0.25) is 0 Å². The topological polar surface area (TPSA) is 59.7 Å². The molecule has 0 amide bonds. The monoisotopic (exact) mass is 282 g/mol. The van der Waals surface area contributed by atoms with E-state index in [2.05, 4.69) is 0 Å². The van der Waals surface area contributed by atoms with Crippen LogP contribution in [0.3, 0.4) is 0 Å². The number of rotatable bonds is 2. The summed E-state index contributed by atoms with van der Waals surface area (Å²) in [7, 11) is 1.60. The Morgan fingerprint density at radius 2 is 1.81 bits per heavy atom. The summed E-state index contributed by atoms with van der Waals surface area (Å²) in [6.07, 6.45) is 0. The number of aromatic hydroxyl groups is 1. The molecule has 4 heteroatoms. The van der Waals surface area contributed by atoms with Crippen molar-refractivity contribution in [3.8, 4) is 22.8 Å². The first kappa shape index (κ1) is 13.2. The van der Waals surface area contributed by atoms with E-state index in [4.69, 9.17) is 9.15 Å². The summed E-state index contributed by atoms with van der Waals surface area (Å²) in [5, 5.41) is 9.87. The molecule has 0 saturated heterocycles. The molecule has 106 valence electrons. The van der Waals surface area contributed by atoms with Gasteiger partial charge < -0.3 is 14.3 Å². The summed E-state index contributed by atoms with van der Waals surface area (Å²) in [5.74, 6) is 1.32. The van der Waals surface area contributed by atoms with Crippen LogP contribution in [0.2, 0.25) is 0 Å². The lowest BCUT2D eigenvalue weighted by Gasteiger charge is -2.08. The van der Waals surface area contributed by atoms with Gasteiger partial charge in [0.1, 0.15) is 22.8 Å². The van der Waals surface area contributed by atoms with Gasteiger partial charge in [0.05, 0.1) is 12.5 Å². The van der Waals surface area contributed by atoms with Crippen LogP contribution in [-0.2, 0) is 0 Å². The number of ether oxygens (including phenoxy) is 1. The van der Waals surface area contributed by atoms with Crippen LogP contribution in [0.1, 0.15) is 5.56 Å². The van der Waals surface area contributed by atoms with Crippen molar-refractivity contribution in [2.24, 2.45) is 0 Å². The molecule has 0 saturated carbocycles. The van der Waals surface area contributed by atoms with Crippen LogP contribution in [0.4, 0.5) is 0 Å². The van der Waals surface area contributed by atoms with Crippen LogP contribution in [0.5, 0.6) is 11.5 Å². The molecular weight excluding hydrogens is 268 g/mol. The lowest BCUT2D eigenvalue weighted by Crippen LogP contribution is -2.07. The van der Waals surface area contributed by atoms with E-state index in [1.165, 1.54) is 12.1 Å². The van der Waals surface area contributed by atoms with Crippen molar-refractivity contribution in [1.29, 1.82) is 0 Å². The highest BCUT2D eigenvalue weighted by atomic mass is 16.5. The van der Waals surface area contributed by atoms with Crippen molar-refractivity contribution in [1.82, 2.24) is 0 Å². The van der Waals surface area contributed by atoms with Crippen LogP contribution in [-0.4, -0.2) is 12.2 Å². The van der Waals surface area contributed by atoms with Gasteiger partial charge in [0, 0.05) is 11.1 Å². The van der Waals surface area contributed by atoms with E-state index in [-0.39, 0.29) is 11.2 Å². The molecule has 0 spiro atoms. The number of fused-ring (bicyclic) bond motifs is 1. The Morgan fingerprint density at radius 3 is 2.48 bits per heavy atom. The van der Waals surface area contributed by atoms with Crippen molar-refractivity contribution in [3.05, 3.63) is 58.3 Å². The molecule has 3 aromatic rings. The summed E-state index contributed by atoms with van der Waals surface area (Å²) >= 11 is 0. The quantitative estimate of drug-likeness (QED) is 0.781. The average Bonchev–Trinajstić information content (AvgIpc) is 2.51. The van der Waals surface area contributed by atoms with Crippen LogP contribution < -0.4 is 10.2 Å². The van der Waals surface area contributed by atoms with E-state index in [0.29, 0.717) is 22.3 Å². The minimum absolute atomic E-state index is 0.0476. The van der Waals surface area contributed by atoms with Gasteiger partial charge in [0.25, 0.3) is 0 Å². The molecule has 0 aliphatic heterocycles. The Labute approximate surface area is 121 Å². The summed E-state index contributed by atoms with van der Waals surface area (Å²) in [6, 6.07) is 11.8. The molecule has 21 heavy (non-hydrogen) atoms. The van der Waals surface area contributed by atoms with Crippen molar-refractivity contribution in [3.63, 3.8) is 0 Å². The minimum Gasteiger partial charge on any atom is -0.508 e. The van der Waals surface area contributed by atoms with Gasteiger partial charge in [-0.25, -0.2) is 0 Å². The Kier molecular flexibility index (Phi) is 3.14. The van der Waals surface area contributed by atoms with E-state index in [1.54, 1.807) is 20.1 Å². The van der Waals surface area contributed by atoms with Crippen molar-refractivity contribution in [2.75, 3.05) is 7.11 Å². The highest BCUT2D eigenvalue weighted by molar-refractivity contribution is 5.81. The molecule has 1 heterocycles. The van der Waals surface area contributed by atoms with Crippen molar-refractivity contribution in [2.45, 2.75) is 6.92 Å². The third-order valence-corrected chi connectivity index (χ3v) is 3.45. The van der Waals surface area contributed by atoms with Crippen LogP contribution >= 0.6 is 0 Å². The van der Waals surface area contributed by atoms with Crippen LogP contribution in [0.15, 0.2) is 51.7 Å². The normalized spacial score (nSPS) is 10.8. The molecule has 3 rings (SSSR count). The largest absolute Gasteiger partial charge is 0.508 e. The lowest BCUT2D eigenvalue weighted by atomic mass is 10.1. The second-order valence-corrected chi connectivity index (χ2v) is 4.79. The fourth-order valence-corrected chi connectivity index (χ4v) is 2.29. The van der Waals surface area contributed by atoms with Crippen LogP contribution in [0.25, 0.3) is 22.3 Å². The second-order valence-electron chi connectivity index (χ2n) is 4.79. The number of benzene rings is 2. The predicted molar refractivity (Wildman–Crippen MR) is 80.9 cm³/mol. The first-order valence-electron chi connectivity index (χ1n) is 6.51. The molecule has 0 radical (unpaired) electrons. The Bertz CT molecular complexity index is 860. The maximum absolute atomic E-state index is 12.4. The zero-order valence-corrected chi connectivity index (χ0v) is 11.7. The van der Waals surface area contributed by atoms with E-state index >= 15 is 0 Å². The predicted octanol–water partition coefficient (Wildman–Crippen LogP) is 3.48. The zero-order chi connectivity index (χ0) is 15.0. The molecule has 2 aromatic carbocycles. The third kappa shape index (κ3) is 2.25. The zero-order valence-electron chi connectivity index (χ0n) is 11.7. The van der Waals surface area contributed by atoms with Gasteiger partial charge in [-0.3, -0.25) is 4.79 Å². The van der Waals surface area contributed by atoms with Gasteiger partial charge in [0.15, 0.2) is 5.43 Å². The van der Waals surface area contributed by atoms with Gasteiger partial charge in [-0.1, -0.05) is 0 Å². The van der Waals surface area contributed by atoms with Crippen molar-refractivity contribution >= 4 is 11.0 Å². The Morgan fingerprint density at radius 1 is 1.10 bits per heavy atom. The number of phenols is 1. The number of methoxy groups -OCH3 is 1. The molecular formula is C17H14O4. The molecule has 1 N–H and O–H groups in total. The van der Waals surface area contributed by atoms with E-state index in [1.807, 2.05) is 24.3 Å². The summed E-state index contributed by atoms with van der Waals surface area (Å²) < 4.78 is 11.0. The second kappa shape index (κ2) is 4.98. The maximum atomic E-state index is 12.4. The van der Waals surface area contributed by atoms with Gasteiger partial charge in [-0.15, -0.1) is 0 Å². The fraction of sp³-hybridized carbons (Fsp3) is 0.118. The molecule has 0 bridgehead atoms. The highest BCUT2D eigenvalue weighted by Crippen LogP contribution is 2.28. The fourth-order valence-electron chi connectivity index (χ4n) is 2.29. The number of phenolic OH excluding ortho intramolecular Hbond substituents is 1. The first-order valence-corrected chi connectivity index (χ1v) is 6.51. The number of hydrogen-bond acceptors (Lipinski definition) is 4. The first-order chi connectivity index (χ1) is 10.1. The lowest BCUT2D eigenvalue weighted by molar-refractivity contribution is 0.415. The number of hydrogen-bond donors (Lipinski definition) is 1. The van der Waals surface area contributed by atoms with E-state index in [0.717, 1.165) is 11.3 Å². The van der Waals surface area contributed by atoms with Crippen LogP contribution in [0, 0.1) is 6.92 Å². The van der Waals surface area contributed by atoms with Gasteiger partial charge in [-0.05, 0) is 49.4 Å². The third-order valence-electron chi connectivity index (χ3n) is 3.45. The molecule has 4 nitrogen and oxygen atoms in total. The SMILES string of the molecule is COc1ccc(-c2oc3ccc(O)cc3c(=O)c2C)cc1. The highest BCUT2D eigenvalue weighted by Gasteiger charge is 2.13. The average molecular weight is 282 g/mol. The van der Waals surface area contributed by atoms with E-state index < -0.39 is 0 Å². The molecule has 0 aliphatic carbocycles.